The molecule has 8 nitrogen and oxygen atoms in total. The number of carboxylic acids is 1. The lowest BCUT2D eigenvalue weighted by atomic mass is 9.83. The van der Waals surface area contributed by atoms with Crippen LogP contribution in [0, 0.1) is 11.3 Å². The number of aliphatic hydroxyl groups excluding tert-OH is 2. The van der Waals surface area contributed by atoms with Gasteiger partial charge < -0.3 is 26.4 Å². The van der Waals surface area contributed by atoms with E-state index in [2.05, 4.69) is 5.32 Å². The summed E-state index contributed by atoms with van der Waals surface area (Å²) < 4.78 is 0. The lowest BCUT2D eigenvalue weighted by molar-refractivity contribution is -0.147. The van der Waals surface area contributed by atoms with E-state index in [1.807, 2.05) is 0 Å². The number of rotatable bonds is 7. The van der Waals surface area contributed by atoms with Gasteiger partial charge in [0.1, 0.15) is 0 Å². The summed E-state index contributed by atoms with van der Waals surface area (Å²) in [5.74, 6) is -2.17. The number of allylic oxidation sites excluding steroid dienone is 2. The first-order valence-electron chi connectivity index (χ1n) is 7.56. The predicted octanol–water partition coefficient (Wildman–Crippen LogP) is -1.45. The van der Waals surface area contributed by atoms with E-state index in [1.54, 1.807) is 13.0 Å². The lowest BCUT2D eigenvalue weighted by Gasteiger charge is -2.29. The van der Waals surface area contributed by atoms with E-state index in [9.17, 15) is 24.6 Å². The number of nitrogens with one attached hydrogen (secondary N) is 1. The number of nitrogens with two attached hydrogens (primary N) is 1. The van der Waals surface area contributed by atoms with Gasteiger partial charge in [-0.2, -0.15) is 0 Å². The highest BCUT2D eigenvalue weighted by molar-refractivity contribution is 5.99. The standard InChI is InChI=1S/C15H22N2O6/c1-7(17-13(21)9(16)5-10(18)14(22)23)12(20)15-6-8(15)3-2-4-11(15)19/h2,4,7-10,12,18,20H,3,5-6,16H2,1H3,(H,17,21)(H,22,23). The summed E-state index contributed by atoms with van der Waals surface area (Å²) in [5.41, 5.74) is 4.73. The van der Waals surface area contributed by atoms with Crippen LogP contribution in [0.4, 0.5) is 0 Å². The van der Waals surface area contributed by atoms with Crippen LogP contribution in [-0.4, -0.2) is 57.3 Å². The topological polar surface area (TPSA) is 150 Å². The number of fused-ring (bicyclic) bond motifs is 1. The molecular formula is C15H22N2O6. The molecule has 6 unspecified atom stereocenters. The van der Waals surface area contributed by atoms with Gasteiger partial charge in [-0.05, 0) is 31.8 Å². The Morgan fingerprint density at radius 1 is 1.48 bits per heavy atom. The number of carbonyl (C=O) groups excluding carboxylic acids is 2. The predicted molar refractivity (Wildman–Crippen MR) is 79.2 cm³/mol. The highest BCUT2D eigenvalue weighted by Crippen LogP contribution is 2.60. The van der Waals surface area contributed by atoms with Crippen LogP contribution in [0.1, 0.15) is 26.2 Å². The van der Waals surface area contributed by atoms with E-state index in [0.717, 1.165) is 6.42 Å². The Morgan fingerprint density at radius 2 is 2.13 bits per heavy atom. The monoisotopic (exact) mass is 326 g/mol. The van der Waals surface area contributed by atoms with Gasteiger partial charge in [0.05, 0.1) is 23.6 Å². The zero-order chi connectivity index (χ0) is 17.4. The van der Waals surface area contributed by atoms with E-state index in [-0.39, 0.29) is 11.7 Å². The average molecular weight is 326 g/mol. The molecule has 1 fully saturated rings. The number of carboxylic acid groups (broad SMARTS) is 1. The van der Waals surface area contributed by atoms with E-state index < -0.39 is 48.0 Å². The van der Waals surface area contributed by atoms with Gasteiger partial charge in [-0.1, -0.05) is 6.08 Å². The highest BCUT2D eigenvalue weighted by atomic mass is 16.4. The van der Waals surface area contributed by atoms with Crippen molar-refractivity contribution in [2.24, 2.45) is 17.1 Å². The summed E-state index contributed by atoms with van der Waals surface area (Å²) in [5, 5.41) is 30.8. The molecule has 128 valence electrons. The normalized spacial score (nSPS) is 30.8. The Labute approximate surface area is 133 Å². The minimum Gasteiger partial charge on any atom is -0.479 e. The Balaban J connectivity index is 1.92. The van der Waals surface area contributed by atoms with E-state index in [1.165, 1.54) is 6.08 Å². The van der Waals surface area contributed by atoms with Gasteiger partial charge in [0, 0.05) is 6.42 Å². The molecule has 6 N–H and O–H groups in total. The maximum Gasteiger partial charge on any atom is 0.332 e. The van der Waals surface area contributed by atoms with Crippen molar-refractivity contribution in [1.82, 2.24) is 5.32 Å². The van der Waals surface area contributed by atoms with Gasteiger partial charge in [0.2, 0.25) is 5.91 Å². The van der Waals surface area contributed by atoms with Crippen LogP contribution in [-0.2, 0) is 14.4 Å². The van der Waals surface area contributed by atoms with Crippen molar-refractivity contribution in [3.63, 3.8) is 0 Å². The van der Waals surface area contributed by atoms with Crippen LogP contribution in [0.2, 0.25) is 0 Å². The molecule has 23 heavy (non-hydrogen) atoms. The van der Waals surface area contributed by atoms with Gasteiger partial charge in [-0.3, -0.25) is 9.59 Å². The van der Waals surface area contributed by atoms with Gasteiger partial charge in [0.25, 0.3) is 0 Å². The summed E-state index contributed by atoms with van der Waals surface area (Å²) in [6.45, 7) is 1.57. The second-order valence-corrected chi connectivity index (χ2v) is 6.38. The molecule has 8 heteroatoms. The molecule has 2 aliphatic carbocycles. The Bertz CT molecular complexity index is 548. The zero-order valence-corrected chi connectivity index (χ0v) is 12.8. The number of aliphatic hydroxyl groups is 2. The van der Waals surface area contributed by atoms with E-state index in [4.69, 9.17) is 10.8 Å². The molecule has 0 radical (unpaired) electrons. The van der Waals surface area contributed by atoms with Crippen molar-refractivity contribution in [3.8, 4) is 0 Å². The molecule has 6 atom stereocenters. The SMILES string of the molecule is CC(NC(=O)C(N)CC(O)C(=O)O)C(O)C12CC1CC=CC2=O. The largest absolute Gasteiger partial charge is 0.479 e. The van der Waals surface area contributed by atoms with Crippen LogP contribution < -0.4 is 11.1 Å². The molecular weight excluding hydrogens is 304 g/mol. The number of aliphatic carboxylic acids is 1. The van der Waals surface area contributed by atoms with E-state index in [0.29, 0.717) is 6.42 Å². The molecule has 0 heterocycles. The fraction of sp³-hybridized carbons (Fsp3) is 0.667. The van der Waals surface area contributed by atoms with Crippen molar-refractivity contribution in [3.05, 3.63) is 12.2 Å². The van der Waals surface area contributed by atoms with Crippen LogP contribution in [0.3, 0.4) is 0 Å². The molecule has 1 amide bonds. The van der Waals surface area contributed by atoms with Gasteiger partial charge in [0.15, 0.2) is 11.9 Å². The average Bonchev–Trinajstić information content (AvgIpc) is 3.23. The fourth-order valence-corrected chi connectivity index (χ4v) is 3.25. The summed E-state index contributed by atoms with van der Waals surface area (Å²) >= 11 is 0. The number of hydrogen-bond acceptors (Lipinski definition) is 6. The fourth-order valence-electron chi connectivity index (χ4n) is 3.25. The molecule has 2 aliphatic rings. The Kier molecular flexibility index (Phi) is 4.88. The molecule has 0 aromatic rings. The van der Waals surface area contributed by atoms with Crippen molar-refractivity contribution in [2.45, 2.75) is 50.5 Å². The maximum atomic E-state index is 12.1. The maximum absolute atomic E-state index is 12.1. The summed E-state index contributed by atoms with van der Waals surface area (Å²) in [4.78, 5) is 34.6. The third kappa shape index (κ3) is 3.29. The van der Waals surface area contributed by atoms with Crippen molar-refractivity contribution < 1.29 is 29.7 Å². The minimum absolute atomic E-state index is 0.0943. The highest BCUT2D eigenvalue weighted by Gasteiger charge is 2.64. The summed E-state index contributed by atoms with van der Waals surface area (Å²) in [7, 11) is 0. The first-order valence-corrected chi connectivity index (χ1v) is 7.56. The number of ketones is 1. The second kappa shape index (κ2) is 6.38. The number of amides is 1. The van der Waals surface area contributed by atoms with Gasteiger partial charge in [-0.25, -0.2) is 4.79 Å². The van der Waals surface area contributed by atoms with Crippen LogP contribution >= 0.6 is 0 Å². The molecule has 0 aromatic carbocycles. The molecule has 1 saturated carbocycles. The zero-order valence-electron chi connectivity index (χ0n) is 12.8. The Hall–Kier alpha value is -1.77. The lowest BCUT2D eigenvalue weighted by Crippen LogP contribution is -2.53. The smallest absolute Gasteiger partial charge is 0.332 e. The van der Waals surface area contributed by atoms with Crippen LogP contribution in [0.25, 0.3) is 0 Å². The molecule has 0 spiro atoms. The van der Waals surface area contributed by atoms with Crippen molar-refractivity contribution in [1.29, 1.82) is 0 Å². The van der Waals surface area contributed by atoms with Crippen molar-refractivity contribution >= 4 is 17.7 Å². The van der Waals surface area contributed by atoms with Gasteiger partial charge in [-0.15, -0.1) is 0 Å². The number of hydrogen-bond donors (Lipinski definition) is 5. The van der Waals surface area contributed by atoms with E-state index >= 15 is 0 Å². The molecule has 0 saturated heterocycles. The second-order valence-electron chi connectivity index (χ2n) is 6.38. The molecule has 0 aliphatic heterocycles. The quantitative estimate of drug-likeness (QED) is 0.384. The Morgan fingerprint density at radius 3 is 2.70 bits per heavy atom. The van der Waals surface area contributed by atoms with Gasteiger partial charge >= 0.3 is 5.97 Å². The molecule has 0 aromatic heterocycles. The first kappa shape index (κ1) is 17.6. The summed E-state index contributed by atoms with van der Waals surface area (Å²) in [6, 6.07) is -1.93. The minimum atomic E-state index is -1.73. The molecule has 0 bridgehead atoms. The van der Waals surface area contributed by atoms with Crippen molar-refractivity contribution in [2.75, 3.05) is 0 Å². The third-order valence-corrected chi connectivity index (χ3v) is 4.77. The van der Waals surface area contributed by atoms with Crippen LogP contribution in [0.5, 0.6) is 0 Å². The summed E-state index contributed by atoms with van der Waals surface area (Å²) in [6.07, 6.45) is 1.38. The number of carbonyl (C=O) groups is 3. The molecule has 2 rings (SSSR count). The third-order valence-electron chi connectivity index (χ3n) is 4.77. The van der Waals surface area contributed by atoms with Crippen LogP contribution in [0.15, 0.2) is 12.2 Å². The first-order chi connectivity index (χ1) is 10.7.